The van der Waals surface area contributed by atoms with Crippen molar-refractivity contribution in [3.63, 3.8) is 0 Å². The molecule has 0 atom stereocenters. The van der Waals surface area contributed by atoms with Crippen molar-refractivity contribution in [1.82, 2.24) is 4.90 Å². The topological polar surface area (TPSA) is 46.3 Å². The van der Waals surface area contributed by atoms with Gasteiger partial charge < -0.3 is 10.6 Å². The number of amides is 1. The molecule has 0 spiro atoms. The van der Waals surface area contributed by atoms with E-state index in [9.17, 15) is 4.79 Å². The first kappa shape index (κ1) is 18.4. The van der Waals surface area contributed by atoms with Crippen LogP contribution in [0.25, 0.3) is 0 Å². The average molecular weight is 270 g/mol. The standard InChI is InChI=1S/C16H34N2O/c1-3-5-10-14-18(15-11-6-4-2)16(19)12-8-7-9-13-17/h3-15,17H2,1-2H3. The van der Waals surface area contributed by atoms with Crippen LogP contribution in [-0.4, -0.2) is 30.4 Å². The predicted octanol–water partition coefficient (Wildman–Crippen LogP) is 3.71. The van der Waals surface area contributed by atoms with E-state index in [2.05, 4.69) is 18.7 Å². The van der Waals surface area contributed by atoms with E-state index in [1.165, 1.54) is 25.7 Å². The van der Waals surface area contributed by atoms with Crippen molar-refractivity contribution in [3.8, 4) is 0 Å². The van der Waals surface area contributed by atoms with Gasteiger partial charge in [0.2, 0.25) is 5.91 Å². The predicted molar refractivity (Wildman–Crippen MR) is 83.2 cm³/mol. The van der Waals surface area contributed by atoms with Gasteiger partial charge in [-0.05, 0) is 32.2 Å². The number of carbonyl (C=O) groups is 1. The van der Waals surface area contributed by atoms with Crippen LogP contribution >= 0.6 is 0 Å². The number of rotatable bonds is 13. The second kappa shape index (κ2) is 13.9. The molecule has 0 heterocycles. The molecule has 0 aromatic heterocycles. The Morgan fingerprint density at radius 2 is 1.42 bits per heavy atom. The summed E-state index contributed by atoms with van der Waals surface area (Å²) < 4.78 is 0. The van der Waals surface area contributed by atoms with Gasteiger partial charge in [0.05, 0.1) is 0 Å². The van der Waals surface area contributed by atoms with Gasteiger partial charge in [-0.2, -0.15) is 0 Å². The molecule has 1 amide bonds. The highest BCUT2D eigenvalue weighted by molar-refractivity contribution is 5.76. The number of hydrogen-bond donors (Lipinski definition) is 1. The van der Waals surface area contributed by atoms with Crippen molar-refractivity contribution in [2.24, 2.45) is 5.73 Å². The number of hydrogen-bond acceptors (Lipinski definition) is 2. The Morgan fingerprint density at radius 3 is 1.89 bits per heavy atom. The molecule has 0 aliphatic rings. The van der Waals surface area contributed by atoms with Gasteiger partial charge in [-0.1, -0.05) is 46.0 Å². The second-order valence-electron chi connectivity index (χ2n) is 5.39. The van der Waals surface area contributed by atoms with E-state index >= 15 is 0 Å². The molecular weight excluding hydrogens is 236 g/mol. The van der Waals surface area contributed by atoms with Crippen LogP contribution in [0.15, 0.2) is 0 Å². The van der Waals surface area contributed by atoms with E-state index in [0.29, 0.717) is 12.3 Å². The van der Waals surface area contributed by atoms with E-state index in [4.69, 9.17) is 5.73 Å². The summed E-state index contributed by atoms with van der Waals surface area (Å²) in [4.78, 5) is 14.3. The van der Waals surface area contributed by atoms with Crippen molar-refractivity contribution in [2.75, 3.05) is 19.6 Å². The van der Waals surface area contributed by atoms with Crippen molar-refractivity contribution >= 4 is 5.91 Å². The number of nitrogens with two attached hydrogens (primary N) is 1. The third kappa shape index (κ3) is 11.0. The van der Waals surface area contributed by atoms with Gasteiger partial charge in [0, 0.05) is 19.5 Å². The van der Waals surface area contributed by atoms with Crippen molar-refractivity contribution in [1.29, 1.82) is 0 Å². The summed E-state index contributed by atoms with van der Waals surface area (Å²) in [5.41, 5.74) is 5.47. The van der Waals surface area contributed by atoms with Crippen LogP contribution < -0.4 is 5.73 Å². The van der Waals surface area contributed by atoms with Gasteiger partial charge in [0.15, 0.2) is 0 Å². The average Bonchev–Trinajstić information content (AvgIpc) is 2.42. The van der Waals surface area contributed by atoms with Gasteiger partial charge >= 0.3 is 0 Å². The molecular formula is C16H34N2O. The van der Waals surface area contributed by atoms with E-state index in [1.807, 2.05) is 0 Å². The maximum absolute atomic E-state index is 12.2. The fourth-order valence-electron chi connectivity index (χ4n) is 2.22. The summed E-state index contributed by atoms with van der Waals surface area (Å²) in [5.74, 6) is 0.351. The second-order valence-corrected chi connectivity index (χ2v) is 5.39. The molecule has 3 heteroatoms. The molecule has 2 N–H and O–H groups in total. The van der Waals surface area contributed by atoms with E-state index < -0.39 is 0 Å². The highest BCUT2D eigenvalue weighted by Crippen LogP contribution is 2.08. The third-order valence-corrected chi connectivity index (χ3v) is 3.51. The molecule has 0 aliphatic carbocycles. The van der Waals surface area contributed by atoms with Crippen LogP contribution in [0.2, 0.25) is 0 Å². The molecule has 19 heavy (non-hydrogen) atoms. The van der Waals surface area contributed by atoms with Crippen LogP contribution in [0.4, 0.5) is 0 Å². The Kier molecular flexibility index (Phi) is 13.4. The quantitative estimate of drug-likeness (QED) is 0.519. The van der Waals surface area contributed by atoms with Crippen LogP contribution in [0, 0.1) is 0 Å². The molecule has 0 saturated heterocycles. The van der Waals surface area contributed by atoms with Gasteiger partial charge in [-0.15, -0.1) is 0 Å². The maximum Gasteiger partial charge on any atom is 0.222 e. The Bertz CT molecular complexity index is 197. The zero-order valence-corrected chi connectivity index (χ0v) is 13.1. The highest BCUT2D eigenvalue weighted by atomic mass is 16.2. The number of unbranched alkanes of at least 4 members (excludes halogenated alkanes) is 6. The fourth-order valence-corrected chi connectivity index (χ4v) is 2.22. The molecule has 0 aromatic carbocycles. The Morgan fingerprint density at radius 1 is 0.842 bits per heavy atom. The number of carbonyl (C=O) groups excluding carboxylic acids is 1. The SMILES string of the molecule is CCCCCN(CCCCC)C(=O)CCCCCN. The smallest absolute Gasteiger partial charge is 0.222 e. The van der Waals surface area contributed by atoms with E-state index in [0.717, 1.165) is 51.7 Å². The molecule has 0 saturated carbocycles. The molecule has 0 unspecified atom stereocenters. The van der Waals surface area contributed by atoms with E-state index in [-0.39, 0.29) is 0 Å². The lowest BCUT2D eigenvalue weighted by atomic mass is 10.1. The minimum atomic E-state index is 0.351. The molecule has 0 aliphatic heterocycles. The zero-order chi connectivity index (χ0) is 14.3. The van der Waals surface area contributed by atoms with Gasteiger partial charge in [-0.3, -0.25) is 4.79 Å². The molecule has 0 aromatic rings. The van der Waals surface area contributed by atoms with E-state index in [1.54, 1.807) is 0 Å². The first-order valence-corrected chi connectivity index (χ1v) is 8.24. The molecule has 0 rings (SSSR count). The summed E-state index contributed by atoms with van der Waals surface area (Å²) in [6.45, 7) is 7.05. The Hall–Kier alpha value is -0.570. The molecule has 0 bridgehead atoms. The summed E-state index contributed by atoms with van der Waals surface area (Å²) in [5, 5.41) is 0. The Balaban J connectivity index is 3.94. The summed E-state index contributed by atoms with van der Waals surface area (Å²) in [7, 11) is 0. The van der Waals surface area contributed by atoms with Crippen LogP contribution in [-0.2, 0) is 4.79 Å². The fraction of sp³-hybridized carbons (Fsp3) is 0.938. The minimum Gasteiger partial charge on any atom is -0.343 e. The lowest BCUT2D eigenvalue weighted by Crippen LogP contribution is -2.32. The normalized spacial score (nSPS) is 10.7. The van der Waals surface area contributed by atoms with Crippen LogP contribution in [0.3, 0.4) is 0 Å². The monoisotopic (exact) mass is 270 g/mol. The first-order chi connectivity index (χ1) is 9.26. The highest BCUT2D eigenvalue weighted by Gasteiger charge is 2.11. The van der Waals surface area contributed by atoms with Gasteiger partial charge in [0.1, 0.15) is 0 Å². The summed E-state index contributed by atoms with van der Waals surface area (Å²) in [6, 6.07) is 0. The van der Waals surface area contributed by atoms with Crippen molar-refractivity contribution in [3.05, 3.63) is 0 Å². The van der Waals surface area contributed by atoms with Gasteiger partial charge in [0.25, 0.3) is 0 Å². The minimum absolute atomic E-state index is 0.351. The van der Waals surface area contributed by atoms with Crippen molar-refractivity contribution < 1.29 is 4.79 Å². The third-order valence-electron chi connectivity index (χ3n) is 3.51. The Labute approximate surface area is 119 Å². The largest absolute Gasteiger partial charge is 0.343 e. The zero-order valence-electron chi connectivity index (χ0n) is 13.1. The summed E-state index contributed by atoms with van der Waals surface area (Å²) in [6.07, 6.45) is 11.0. The molecule has 0 fully saturated rings. The summed E-state index contributed by atoms with van der Waals surface area (Å²) >= 11 is 0. The van der Waals surface area contributed by atoms with Crippen LogP contribution in [0.5, 0.6) is 0 Å². The lowest BCUT2D eigenvalue weighted by molar-refractivity contribution is -0.131. The maximum atomic E-state index is 12.2. The first-order valence-electron chi connectivity index (χ1n) is 8.24. The van der Waals surface area contributed by atoms with Gasteiger partial charge in [-0.25, -0.2) is 0 Å². The molecule has 114 valence electrons. The molecule has 3 nitrogen and oxygen atoms in total. The van der Waals surface area contributed by atoms with Crippen molar-refractivity contribution in [2.45, 2.75) is 78.1 Å². The molecule has 0 radical (unpaired) electrons. The number of nitrogens with zero attached hydrogens (tertiary/aromatic N) is 1. The lowest BCUT2D eigenvalue weighted by Gasteiger charge is -2.22. The van der Waals surface area contributed by atoms with Crippen LogP contribution in [0.1, 0.15) is 78.1 Å².